The maximum absolute atomic E-state index is 10.7. The van der Waals surface area contributed by atoms with E-state index in [1.807, 2.05) is 6.92 Å². The molecule has 0 bridgehead atoms. The Morgan fingerprint density at radius 1 is 1.33 bits per heavy atom. The van der Waals surface area contributed by atoms with E-state index in [0.29, 0.717) is 0 Å². The van der Waals surface area contributed by atoms with Crippen molar-refractivity contribution in [3.8, 4) is 0 Å². The molecule has 0 aliphatic carbocycles. The number of hydrogen-bond donors (Lipinski definition) is 2. The highest BCUT2D eigenvalue weighted by Gasteiger charge is 1.98. The second kappa shape index (κ2) is 9.87. The number of ketones is 1. The monoisotopic (exact) mass is 214 g/mol. The number of hydrogen-bond acceptors (Lipinski definition) is 3. The van der Waals surface area contributed by atoms with Gasteiger partial charge in [-0.2, -0.15) is 0 Å². The van der Waals surface area contributed by atoms with Crippen LogP contribution in [0, 0.1) is 0 Å². The van der Waals surface area contributed by atoms with Crippen LogP contribution in [0.15, 0.2) is 12.2 Å². The van der Waals surface area contributed by atoms with E-state index >= 15 is 0 Å². The molecule has 0 heterocycles. The first-order valence-corrected chi connectivity index (χ1v) is 5.69. The Bertz CT molecular complexity index is 187. The van der Waals surface area contributed by atoms with Crippen molar-refractivity contribution in [3.63, 3.8) is 0 Å². The van der Waals surface area contributed by atoms with Gasteiger partial charge in [-0.25, -0.2) is 0 Å². The smallest absolute Gasteiger partial charge is 0.180 e. The van der Waals surface area contributed by atoms with E-state index in [4.69, 9.17) is 5.11 Å². The van der Waals surface area contributed by atoms with Crippen molar-refractivity contribution < 1.29 is 15.0 Å². The van der Waals surface area contributed by atoms with Gasteiger partial charge >= 0.3 is 0 Å². The van der Waals surface area contributed by atoms with E-state index in [9.17, 15) is 9.90 Å². The van der Waals surface area contributed by atoms with Crippen LogP contribution in [0.2, 0.25) is 0 Å². The molecule has 15 heavy (non-hydrogen) atoms. The van der Waals surface area contributed by atoms with Crippen LogP contribution in [-0.4, -0.2) is 28.7 Å². The van der Waals surface area contributed by atoms with E-state index in [-0.39, 0.29) is 11.9 Å². The first-order valence-electron chi connectivity index (χ1n) is 5.69. The van der Waals surface area contributed by atoms with E-state index in [1.54, 1.807) is 6.08 Å². The number of carbonyl (C=O) groups excluding carboxylic acids is 1. The quantitative estimate of drug-likeness (QED) is 0.455. The fourth-order valence-electron chi connectivity index (χ4n) is 1.29. The molecule has 3 nitrogen and oxygen atoms in total. The lowest BCUT2D eigenvalue weighted by Gasteiger charge is -2.05. The molecule has 0 aromatic heterocycles. The largest absolute Gasteiger partial charge is 0.393 e. The molecule has 0 fully saturated rings. The molecule has 0 aliphatic heterocycles. The minimum atomic E-state index is -0.404. The van der Waals surface area contributed by atoms with Gasteiger partial charge in [-0.05, 0) is 31.8 Å². The fourth-order valence-corrected chi connectivity index (χ4v) is 1.29. The third kappa shape index (κ3) is 9.63. The number of allylic oxidation sites excluding steroid dienone is 1. The maximum atomic E-state index is 10.7. The number of aliphatic hydroxyl groups is 2. The summed E-state index contributed by atoms with van der Waals surface area (Å²) in [5.74, 6) is -0.239. The normalized spacial score (nSPS) is 13.3. The minimum Gasteiger partial charge on any atom is -0.393 e. The van der Waals surface area contributed by atoms with Crippen molar-refractivity contribution >= 4 is 5.78 Å². The van der Waals surface area contributed by atoms with Gasteiger partial charge < -0.3 is 10.2 Å². The highest BCUT2D eigenvalue weighted by atomic mass is 16.3. The van der Waals surface area contributed by atoms with Crippen LogP contribution in [0.1, 0.15) is 45.4 Å². The highest BCUT2D eigenvalue weighted by Crippen LogP contribution is 2.07. The lowest BCUT2D eigenvalue weighted by Crippen LogP contribution is -2.03. The summed E-state index contributed by atoms with van der Waals surface area (Å²) >= 11 is 0. The summed E-state index contributed by atoms with van der Waals surface area (Å²) in [5.41, 5.74) is 0. The fraction of sp³-hybridized carbons (Fsp3) is 0.750. The molecule has 0 aromatic rings. The molecule has 0 unspecified atom stereocenters. The standard InChI is InChI=1S/C12H22O3/c1-2-11(14)8-6-4-3-5-7-9-12(15)10-13/h7,9,11,13-14H,2-6,8,10H2,1H3/b9-7+/t11-/m0/s1. The molecule has 0 radical (unpaired) electrons. The molecule has 0 spiro atoms. The van der Waals surface area contributed by atoms with Crippen molar-refractivity contribution in [2.75, 3.05) is 6.61 Å². The lowest BCUT2D eigenvalue weighted by atomic mass is 10.1. The summed E-state index contributed by atoms with van der Waals surface area (Å²) in [7, 11) is 0. The average molecular weight is 214 g/mol. The van der Waals surface area contributed by atoms with Crippen molar-refractivity contribution in [1.29, 1.82) is 0 Å². The minimum absolute atomic E-state index is 0.156. The topological polar surface area (TPSA) is 57.5 Å². The second-order valence-corrected chi connectivity index (χ2v) is 3.73. The van der Waals surface area contributed by atoms with Gasteiger partial charge in [-0.15, -0.1) is 0 Å². The number of rotatable bonds is 9. The summed E-state index contributed by atoms with van der Waals surface area (Å²) in [6.07, 6.45) is 8.79. The Balaban J connectivity index is 3.25. The van der Waals surface area contributed by atoms with Gasteiger partial charge in [-0.1, -0.05) is 25.8 Å². The zero-order valence-corrected chi connectivity index (χ0v) is 9.48. The zero-order chi connectivity index (χ0) is 11.5. The van der Waals surface area contributed by atoms with Crippen molar-refractivity contribution in [2.45, 2.75) is 51.6 Å². The second-order valence-electron chi connectivity index (χ2n) is 3.73. The lowest BCUT2D eigenvalue weighted by molar-refractivity contribution is -0.117. The van der Waals surface area contributed by atoms with E-state index in [1.165, 1.54) is 6.08 Å². The van der Waals surface area contributed by atoms with Crippen LogP contribution in [0.5, 0.6) is 0 Å². The van der Waals surface area contributed by atoms with Crippen LogP contribution < -0.4 is 0 Å². The highest BCUT2D eigenvalue weighted by molar-refractivity contribution is 5.90. The summed E-state index contributed by atoms with van der Waals surface area (Å²) in [6, 6.07) is 0. The van der Waals surface area contributed by atoms with Gasteiger partial charge in [0.05, 0.1) is 6.10 Å². The Hall–Kier alpha value is -0.670. The predicted molar refractivity (Wildman–Crippen MR) is 60.6 cm³/mol. The molecule has 88 valence electrons. The van der Waals surface area contributed by atoms with Crippen LogP contribution in [-0.2, 0) is 4.79 Å². The molecule has 3 heteroatoms. The van der Waals surface area contributed by atoms with Gasteiger partial charge in [0, 0.05) is 0 Å². The maximum Gasteiger partial charge on any atom is 0.180 e. The van der Waals surface area contributed by atoms with Gasteiger partial charge in [0.15, 0.2) is 5.78 Å². The first-order chi connectivity index (χ1) is 7.20. The van der Waals surface area contributed by atoms with Crippen molar-refractivity contribution in [3.05, 3.63) is 12.2 Å². The third-order valence-electron chi connectivity index (χ3n) is 2.34. The summed E-state index contributed by atoms with van der Waals surface area (Å²) in [6.45, 7) is 1.58. The summed E-state index contributed by atoms with van der Waals surface area (Å²) in [4.78, 5) is 10.7. The summed E-state index contributed by atoms with van der Waals surface area (Å²) in [5, 5.41) is 17.7. The SMILES string of the molecule is CC[C@H](O)CCCCC/C=C/C(=O)CO. The molecule has 0 rings (SSSR count). The van der Waals surface area contributed by atoms with Crippen molar-refractivity contribution in [1.82, 2.24) is 0 Å². The molecule has 0 aliphatic rings. The van der Waals surface area contributed by atoms with E-state index in [0.717, 1.165) is 38.5 Å². The van der Waals surface area contributed by atoms with Crippen LogP contribution >= 0.6 is 0 Å². The Labute approximate surface area is 91.8 Å². The molecule has 0 saturated carbocycles. The van der Waals surface area contributed by atoms with Gasteiger partial charge in [0.2, 0.25) is 0 Å². The molecular formula is C12H22O3. The van der Waals surface area contributed by atoms with E-state index in [2.05, 4.69) is 0 Å². The molecule has 0 aromatic carbocycles. The number of aliphatic hydroxyl groups excluding tert-OH is 2. The molecule has 1 atom stereocenters. The molecule has 2 N–H and O–H groups in total. The van der Waals surface area contributed by atoms with E-state index < -0.39 is 6.61 Å². The average Bonchev–Trinajstić information content (AvgIpc) is 2.26. The molecule has 0 saturated heterocycles. The predicted octanol–water partition coefficient (Wildman–Crippen LogP) is 1.83. The van der Waals surface area contributed by atoms with Gasteiger partial charge in [-0.3, -0.25) is 4.79 Å². The molecule has 0 amide bonds. The van der Waals surface area contributed by atoms with Crippen molar-refractivity contribution in [2.24, 2.45) is 0 Å². The third-order valence-corrected chi connectivity index (χ3v) is 2.34. The Morgan fingerprint density at radius 2 is 2.07 bits per heavy atom. The summed E-state index contributed by atoms with van der Waals surface area (Å²) < 4.78 is 0. The van der Waals surface area contributed by atoms with Gasteiger partial charge in [0.25, 0.3) is 0 Å². The van der Waals surface area contributed by atoms with Gasteiger partial charge in [0.1, 0.15) is 6.61 Å². The van der Waals surface area contributed by atoms with Crippen LogP contribution in [0.3, 0.4) is 0 Å². The Morgan fingerprint density at radius 3 is 2.67 bits per heavy atom. The molecular weight excluding hydrogens is 192 g/mol. The first kappa shape index (κ1) is 14.3. The number of carbonyl (C=O) groups is 1. The zero-order valence-electron chi connectivity index (χ0n) is 9.48. The van der Waals surface area contributed by atoms with Crippen LogP contribution in [0.4, 0.5) is 0 Å². The van der Waals surface area contributed by atoms with Crippen LogP contribution in [0.25, 0.3) is 0 Å². The Kier molecular flexibility index (Phi) is 9.43. The number of unbranched alkanes of at least 4 members (excludes halogenated alkanes) is 3.